The molecule has 31 heavy (non-hydrogen) atoms. The van der Waals surface area contributed by atoms with Gasteiger partial charge in [0, 0.05) is 32.3 Å². The summed E-state index contributed by atoms with van der Waals surface area (Å²) in [5.74, 6) is 0.107. The number of ether oxygens (including phenoxy) is 1. The highest BCUT2D eigenvalue weighted by molar-refractivity contribution is 7.20. The first-order valence-electron chi connectivity index (χ1n) is 9.81. The molecular weight excluding hydrogens is 440 g/mol. The van der Waals surface area contributed by atoms with Crippen LogP contribution in [0.3, 0.4) is 0 Å². The summed E-state index contributed by atoms with van der Waals surface area (Å²) in [6, 6.07) is 4.69. The third-order valence-corrected chi connectivity index (χ3v) is 6.68. The molecule has 2 aromatic heterocycles. The molecule has 0 saturated carbocycles. The topological polar surface area (TPSA) is 102 Å². The predicted octanol–water partition coefficient (Wildman–Crippen LogP) is 2.99. The van der Waals surface area contributed by atoms with Crippen LogP contribution in [0.5, 0.6) is 0 Å². The van der Waals surface area contributed by atoms with E-state index in [9.17, 15) is 14.4 Å². The number of thiophene rings is 1. The Labute approximate surface area is 187 Å². The number of nitrogens with zero attached hydrogens (tertiary/aromatic N) is 2. The molecule has 1 aliphatic heterocycles. The van der Waals surface area contributed by atoms with Gasteiger partial charge in [-0.2, -0.15) is 0 Å². The number of fused-ring (bicyclic) bond motifs is 2. The molecule has 2 N–H and O–H groups in total. The van der Waals surface area contributed by atoms with E-state index in [0.29, 0.717) is 51.6 Å². The summed E-state index contributed by atoms with van der Waals surface area (Å²) < 4.78 is 6.60. The van der Waals surface area contributed by atoms with Crippen molar-refractivity contribution in [1.82, 2.24) is 14.9 Å². The van der Waals surface area contributed by atoms with E-state index in [-0.39, 0.29) is 22.4 Å². The molecular formula is C21H21ClN4O4S. The lowest BCUT2D eigenvalue weighted by Gasteiger charge is -2.09. The van der Waals surface area contributed by atoms with Crippen LogP contribution < -0.4 is 16.2 Å². The Morgan fingerprint density at radius 2 is 2.13 bits per heavy atom. The van der Waals surface area contributed by atoms with E-state index >= 15 is 0 Å². The summed E-state index contributed by atoms with van der Waals surface area (Å²) in [5.41, 5.74) is 1.29. The number of aromatic nitrogens is 2. The summed E-state index contributed by atoms with van der Waals surface area (Å²) in [7, 11) is 1.55. The van der Waals surface area contributed by atoms with Gasteiger partial charge in [0.25, 0.3) is 17.4 Å². The number of methoxy groups -OCH3 is 1. The quantitative estimate of drug-likeness (QED) is 0.550. The van der Waals surface area contributed by atoms with Crippen LogP contribution in [0.25, 0.3) is 10.2 Å². The maximum Gasteiger partial charge on any atom is 0.266 e. The summed E-state index contributed by atoms with van der Waals surface area (Å²) in [5, 5.41) is 6.22. The van der Waals surface area contributed by atoms with Crippen LogP contribution in [0.2, 0.25) is 5.02 Å². The lowest BCUT2D eigenvalue weighted by molar-refractivity contribution is 0.0937. The highest BCUT2D eigenvalue weighted by atomic mass is 35.5. The number of aryl methyl sites for hydroxylation is 2. The van der Waals surface area contributed by atoms with E-state index in [0.717, 1.165) is 18.7 Å². The Kier molecular flexibility index (Phi) is 6.08. The van der Waals surface area contributed by atoms with Crippen molar-refractivity contribution in [3.8, 4) is 0 Å². The van der Waals surface area contributed by atoms with Crippen molar-refractivity contribution in [3.05, 3.63) is 55.4 Å². The standard InChI is InChI=1S/C21H21ClN4O4S/c1-11-16-20(25-15-4-3-8-26(15)21(16)29)31-17(11)19(28)24-12-5-6-13(14(22)10-12)18(27)23-7-9-30-2/h5-6,10H,3-4,7-9H2,1-2H3,(H,23,27)(H,24,28). The Morgan fingerprint density at radius 3 is 2.87 bits per heavy atom. The second kappa shape index (κ2) is 8.78. The van der Waals surface area contributed by atoms with E-state index in [4.69, 9.17) is 16.3 Å². The van der Waals surface area contributed by atoms with Crippen molar-refractivity contribution >= 4 is 50.7 Å². The number of carbonyl (C=O) groups is 2. The minimum Gasteiger partial charge on any atom is -0.383 e. The number of hydrogen-bond donors (Lipinski definition) is 2. The molecule has 0 radical (unpaired) electrons. The second-order valence-corrected chi connectivity index (χ2v) is 8.63. The SMILES string of the molecule is COCCNC(=O)c1ccc(NC(=O)c2sc3nc4n(c(=O)c3c2C)CCC4)cc1Cl. The lowest BCUT2D eigenvalue weighted by atomic mass is 10.1. The van der Waals surface area contributed by atoms with Crippen molar-refractivity contribution in [2.45, 2.75) is 26.3 Å². The van der Waals surface area contributed by atoms with Gasteiger partial charge in [-0.15, -0.1) is 11.3 Å². The maximum atomic E-state index is 12.9. The number of amides is 2. The first kappa shape index (κ1) is 21.5. The minimum absolute atomic E-state index is 0.0859. The average molecular weight is 461 g/mol. The minimum atomic E-state index is -0.349. The van der Waals surface area contributed by atoms with Crippen LogP contribution in [0.15, 0.2) is 23.0 Å². The molecule has 4 rings (SSSR count). The Hall–Kier alpha value is -2.75. The maximum absolute atomic E-state index is 12.9. The molecule has 0 fully saturated rings. The molecule has 1 aromatic carbocycles. The molecule has 10 heteroatoms. The molecule has 0 unspecified atom stereocenters. The summed E-state index contributed by atoms with van der Waals surface area (Å²) in [4.78, 5) is 43.5. The zero-order valence-corrected chi connectivity index (χ0v) is 18.7. The molecule has 0 aliphatic carbocycles. The summed E-state index contributed by atoms with van der Waals surface area (Å²) in [6.07, 6.45) is 1.68. The van der Waals surface area contributed by atoms with Gasteiger partial charge in [0.2, 0.25) is 0 Å². The van der Waals surface area contributed by atoms with E-state index in [1.54, 1.807) is 30.7 Å². The van der Waals surface area contributed by atoms with Crippen LogP contribution in [0, 0.1) is 6.92 Å². The molecule has 0 spiro atoms. The largest absolute Gasteiger partial charge is 0.383 e. The number of hydrogen-bond acceptors (Lipinski definition) is 6. The number of anilines is 1. The average Bonchev–Trinajstić information content (AvgIpc) is 3.33. The molecule has 1 aliphatic rings. The fourth-order valence-corrected chi connectivity index (χ4v) is 4.97. The second-order valence-electron chi connectivity index (χ2n) is 7.22. The molecule has 162 valence electrons. The van der Waals surface area contributed by atoms with Crippen LogP contribution >= 0.6 is 22.9 Å². The summed E-state index contributed by atoms with van der Waals surface area (Å²) in [6.45, 7) is 3.19. The van der Waals surface area contributed by atoms with Crippen LogP contribution in [0.1, 0.15) is 37.8 Å². The molecule has 0 atom stereocenters. The Morgan fingerprint density at radius 1 is 1.32 bits per heavy atom. The van der Waals surface area contributed by atoms with Gasteiger partial charge in [0.15, 0.2) is 0 Å². The first-order valence-corrected chi connectivity index (χ1v) is 11.0. The van der Waals surface area contributed by atoms with Gasteiger partial charge >= 0.3 is 0 Å². The normalized spacial score (nSPS) is 12.7. The van der Waals surface area contributed by atoms with Gasteiger partial charge in [-0.1, -0.05) is 11.6 Å². The Balaban J connectivity index is 1.56. The molecule has 8 nitrogen and oxygen atoms in total. The fraction of sp³-hybridized carbons (Fsp3) is 0.333. The van der Waals surface area contributed by atoms with Crippen molar-refractivity contribution in [2.75, 3.05) is 25.6 Å². The monoisotopic (exact) mass is 460 g/mol. The van der Waals surface area contributed by atoms with E-state index in [2.05, 4.69) is 15.6 Å². The Bertz CT molecular complexity index is 1250. The van der Waals surface area contributed by atoms with E-state index in [1.807, 2.05) is 0 Å². The van der Waals surface area contributed by atoms with Gasteiger partial charge < -0.3 is 15.4 Å². The zero-order valence-electron chi connectivity index (χ0n) is 17.1. The number of carbonyl (C=O) groups excluding carboxylic acids is 2. The lowest BCUT2D eigenvalue weighted by Crippen LogP contribution is -2.27. The van der Waals surface area contributed by atoms with Crippen molar-refractivity contribution < 1.29 is 14.3 Å². The highest BCUT2D eigenvalue weighted by Gasteiger charge is 2.23. The van der Waals surface area contributed by atoms with Crippen molar-refractivity contribution in [2.24, 2.45) is 0 Å². The number of rotatable bonds is 6. The van der Waals surface area contributed by atoms with Crippen molar-refractivity contribution in [3.63, 3.8) is 0 Å². The predicted molar refractivity (Wildman–Crippen MR) is 121 cm³/mol. The number of benzene rings is 1. The zero-order chi connectivity index (χ0) is 22.1. The van der Waals surface area contributed by atoms with Crippen molar-refractivity contribution in [1.29, 1.82) is 0 Å². The molecule has 2 amide bonds. The molecule has 3 aromatic rings. The van der Waals surface area contributed by atoms with Gasteiger partial charge in [0.1, 0.15) is 10.7 Å². The van der Waals surface area contributed by atoms with E-state index < -0.39 is 0 Å². The number of halogens is 1. The third-order valence-electron chi connectivity index (χ3n) is 5.18. The van der Waals surface area contributed by atoms with Gasteiger partial charge in [-0.25, -0.2) is 4.98 Å². The van der Waals surface area contributed by atoms with Gasteiger partial charge in [0.05, 0.1) is 27.5 Å². The van der Waals surface area contributed by atoms with Gasteiger partial charge in [-0.05, 0) is 37.1 Å². The van der Waals surface area contributed by atoms with Crippen LogP contribution in [-0.2, 0) is 17.7 Å². The van der Waals surface area contributed by atoms with E-state index in [1.165, 1.54) is 17.4 Å². The van der Waals surface area contributed by atoms with Crippen LogP contribution in [0.4, 0.5) is 5.69 Å². The third kappa shape index (κ3) is 4.08. The first-order chi connectivity index (χ1) is 14.9. The van der Waals surface area contributed by atoms with Crippen LogP contribution in [-0.4, -0.2) is 41.6 Å². The molecule has 0 bridgehead atoms. The van der Waals surface area contributed by atoms with Gasteiger partial charge in [-0.3, -0.25) is 19.0 Å². The molecule has 3 heterocycles. The number of nitrogens with one attached hydrogen (secondary N) is 2. The smallest absolute Gasteiger partial charge is 0.266 e. The summed E-state index contributed by atoms with van der Waals surface area (Å²) >= 11 is 7.45. The highest BCUT2D eigenvalue weighted by Crippen LogP contribution is 2.30. The fourth-order valence-electron chi connectivity index (χ4n) is 3.62. The molecule has 0 saturated heterocycles.